The van der Waals surface area contributed by atoms with Crippen LogP contribution in [0.15, 0.2) is 65.6 Å². The molecule has 4 heteroatoms. The number of fused-ring (bicyclic) bond motifs is 2. The standard InChI is InChI=1S/C25H31NOS.C6H13N/c1-23(18-28-21-11-7-4-8-12-21)13-19-14-24(2,22(26)27)17-25(15-19,16-23)20-9-5-3-6-10-20;7-6-4-2-1-3-5-6/h3-12,19H,13-18H2,1-2H3,(H2,26,27);6H,1-5,7H2. The van der Waals surface area contributed by atoms with E-state index in [9.17, 15) is 4.79 Å². The third-order valence-electron chi connectivity index (χ3n) is 8.66. The summed E-state index contributed by atoms with van der Waals surface area (Å²) in [6.07, 6.45) is 12.0. The molecule has 2 aromatic carbocycles. The van der Waals surface area contributed by atoms with Crippen molar-refractivity contribution in [3.05, 3.63) is 66.2 Å². The van der Waals surface area contributed by atoms with Gasteiger partial charge in [0.05, 0.1) is 0 Å². The first-order valence-corrected chi connectivity index (χ1v) is 14.5. The molecule has 190 valence electrons. The summed E-state index contributed by atoms with van der Waals surface area (Å²) in [5, 5.41) is 0. The number of carbonyl (C=O) groups excluding carboxylic acids is 1. The van der Waals surface area contributed by atoms with Gasteiger partial charge in [-0.15, -0.1) is 11.8 Å². The summed E-state index contributed by atoms with van der Waals surface area (Å²) in [6, 6.07) is 22.1. The largest absolute Gasteiger partial charge is 0.369 e. The fourth-order valence-corrected chi connectivity index (χ4v) is 8.42. The van der Waals surface area contributed by atoms with Gasteiger partial charge in [0.1, 0.15) is 0 Å². The average Bonchev–Trinajstić information content (AvgIpc) is 2.84. The van der Waals surface area contributed by atoms with Crippen molar-refractivity contribution in [3.8, 4) is 0 Å². The minimum atomic E-state index is -0.396. The molecule has 3 nitrogen and oxygen atoms in total. The lowest BCUT2D eigenvalue weighted by molar-refractivity contribution is -0.134. The smallest absolute Gasteiger partial charge is 0.223 e. The topological polar surface area (TPSA) is 69.1 Å². The van der Waals surface area contributed by atoms with Crippen molar-refractivity contribution in [1.82, 2.24) is 0 Å². The molecule has 0 aliphatic heterocycles. The maximum atomic E-state index is 12.4. The molecule has 4 unspecified atom stereocenters. The molecule has 2 aromatic rings. The van der Waals surface area contributed by atoms with Crippen LogP contribution in [0.5, 0.6) is 0 Å². The summed E-state index contributed by atoms with van der Waals surface area (Å²) >= 11 is 1.97. The number of thioether (sulfide) groups is 1. The Kier molecular flexibility index (Phi) is 8.33. The van der Waals surface area contributed by atoms with Gasteiger partial charge in [-0.05, 0) is 79.4 Å². The van der Waals surface area contributed by atoms with E-state index in [2.05, 4.69) is 74.5 Å². The number of hydrogen-bond acceptors (Lipinski definition) is 3. The second-order valence-corrected chi connectivity index (χ2v) is 13.3. The van der Waals surface area contributed by atoms with Crippen LogP contribution in [0.3, 0.4) is 0 Å². The lowest BCUT2D eigenvalue weighted by atomic mass is 9.47. The fourth-order valence-electron chi connectivity index (χ4n) is 7.34. The lowest BCUT2D eigenvalue weighted by Crippen LogP contribution is -2.53. The number of carbonyl (C=O) groups is 1. The second kappa shape index (κ2) is 11.1. The number of rotatable bonds is 5. The summed E-state index contributed by atoms with van der Waals surface area (Å²) < 4.78 is 0. The van der Waals surface area contributed by atoms with Crippen LogP contribution in [0.2, 0.25) is 0 Å². The quantitative estimate of drug-likeness (QED) is 0.438. The van der Waals surface area contributed by atoms with E-state index in [0.29, 0.717) is 12.0 Å². The highest BCUT2D eigenvalue weighted by Gasteiger charge is 2.55. The summed E-state index contributed by atoms with van der Waals surface area (Å²) in [4.78, 5) is 13.7. The predicted octanol–water partition coefficient (Wildman–Crippen LogP) is 7.09. The summed E-state index contributed by atoms with van der Waals surface area (Å²) in [6.45, 7) is 4.56. The number of benzene rings is 2. The van der Waals surface area contributed by atoms with E-state index in [1.54, 1.807) is 0 Å². The van der Waals surface area contributed by atoms with Gasteiger partial charge in [0.2, 0.25) is 5.91 Å². The van der Waals surface area contributed by atoms with Gasteiger partial charge in [0.25, 0.3) is 0 Å². The molecule has 0 heterocycles. The highest BCUT2D eigenvalue weighted by molar-refractivity contribution is 7.99. The van der Waals surface area contributed by atoms with Gasteiger partial charge in [-0.3, -0.25) is 4.79 Å². The molecule has 0 radical (unpaired) electrons. The van der Waals surface area contributed by atoms with Crippen molar-refractivity contribution >= 4 is 17.7 Å². The van der Waals surface area contributed by atoms with E-state index in [1.807, 2.05) is 11.8 Å². The first kappa shape index (κ1) is 26.3. The van der Waals surface area contributed by atoms with Crippen LogP contribution < -0.4 is 11.5 Å². The molecule has 3 saturated carbocycles. The van der Waals surface area contributed by atoms with Crippen LogP contribution in [0, 0.1) is 16.7 Å². The summed E-state index contributed by atoms with van der Waals surface area (Å²) in [7, 11) is 0. The SMILES string of the molecule is CC1(CSc2ccccc2)CC2CC(C)(C(N)=O)CC(c3ccccc3)(C2)C1.NC1CCCCC1. The Hall–Kier alpha value is -1.78. The van der Waals surface area contributed by atoms with Crippen LogP contribution in [0.4, 0.5) is 0 Å². The Bertz CT molecular complexity index is 960. The highest BCUT2D eigenvalue weighted by Crippen LogP contribution is 2.61. The molecule has 0 saturated heterocycles. The van der Waals surface area contributed by atoms with E-state index < -0.39 is 5.41 Å². The molecule has 0 aromatic heterocycles. The van der Waals surface area contributed by atoms with Crippen LogP contribution in [0.1, 0.15) is 83.6 Å². The normalized spacial score (nSPS) is 32.8. The Balaban J connectivity index is 0.000000356. The molecule has 3 aliphatic carbocycles. The highest BCUT2D eigenvalue weighted by atomic mass is 32.2. The molecule has 5 rings (SSSR count). The minimum Gasteiger partial charge on any atom is -0.369 e. The molecular weight excluding hydrogens is 448 g/mol. The second-order valence-electron chi connectivity index (χ2n) is 12.2. The van der Waals surface area contributed by atoms with Crippen molar-refractivity contribution < 1.29 is 4.79 Å². The summed E-state index contributed by atoms with van der Waals surface area (Å²) in [5.74, 6) is 1.55. The van der Waals surface area contributed by atoms with Crippen LogP contribution >= 0.6 is 11.8 Å². The first-order valence-electron chi connectivity index (χ1n) is 13.5. The molecule has 1 amide bonds. The van der Waals surface area contributed by atoms with Gasteiger partial charge in [0, 0.05) is 22.1 Å². The van der Waals surface area contributed by atoms with Crippen LogP contribution in [-0.2, 0) is 10.2 Å². The van der Waals surface area contributed by atoms with Crippen molar-refractivity contribution in [2.45, 2.75) is 94.4 Å². The van der Waals surface area contributed by atoms with Crippen LogP contribution in [-0.4, -0.2) is 17.7 Å². The predicted molar refractivity (Wildman–Crippen MR) is 148 cm³/mol. The van der Waals surface area contributed by atoms with E-state index in [1.165, 1.54) is 55.4 Å². The third-order valence-corrected chi connectivity index (χ3v) is 10.1. The van der Waals surface area contributed by atoms with Gasteiger partial charge < -0.3 is 11.5 Å². The average molecular weight is 493 g/mol. The van der Waals surface area contributed by atoms with Gasteiger partial charge >= 0.3 is 0 Å². The van der Waals surface area contributed by atoms with Crippen molar-refractivity contribution in [2.75, 3.05) is 5.75 Å². The van der Waals surface area contributed by atoms with Gasteiger partial charge in [-0.2, -0.15) is 0 Å². The van der Waals surface area contributed by atoms with Crippen molar-refractivity contribution in [2.24, 2.45) is 28.2 Å². The zero-order valence-corrected chi connectivity index (χ0v) is 22.5. The number of nitrogens with two attached hydrogens (primary N) is 2. The summed E-state index contributed by atoms with van der Waals surface area (Å²) in [5.41, 5.74) is 12.8. The molecule has 3 aliphatic rings. The van der Waals surface area contributed by atoms with Crippen molar-refractivity contribution in [3.63, 3.8) is 0 Å². The zero-order chi connectivity index (χ0) is 24.9. The van der Waals surface area contributed by atoms with E-state index >= 15 is 0 Å². The number of amides is 1. The molecule has 4 atom stereocenters. The Morgan fingerprint density at radius 3 is 2.09 bits per heavy atom. The minimum absolute atomic E-state index is 0.0538. The van der Waals surface area contributed by atoms with Gasteiger partial charge in [0.15, 0.2) is 0 Å². The Morgan fingerprint density at radius 1 is 0.886 bits per heavy atom. The lowest BCUT2D eigenvalue weighted by Gasteiger charge is -2.57. The zero-order valence-electron chi connectivity index (χ0n) is 21.7. The molecular formula is C31H44N2OS. The van der Waals surface area contributed by atoms with Crippen molar-refractivity contribution in [1.29, 1.82) is 0 Å². The maximum absolute atomic E-state index is 12.4. The Morgan fingerprint density at radius 2 is 1.51 bits per heavy atom. The van der Waals surface area contributed by atoms with Gasteiger partial charge in [-0.1, -0.05) is 81.6 Å². The number of hydrogen-bond donors (Lipinski definition) is 2. The van der Waals surface area contributed by atoms with E-state index in [4.69, 9.17) is 11.5 Å². The Labute approximate surface area is 216 Å². The first-order chi connectivity index (χ1) is 16.7. The molecule has 2 bridgehead atoms. The molecule has 4 N–H and O–H groups in total. The molecule has 35 heavy (non-hydrogen) atoms. The monoisotopic (exact) mass is 492 g/mol. The van der Waals surface area contributed by atoms with Gasteiger partial charge in [-0.25, -0.2) is 0 Å². The maximum Gasteiger partial charge on any atom is 0.223 e. The third kappa shape index (κ3) is 6.51. The van der Waals surface area contributed by atoms with E-state index in [-0.39, 0.29) is 16.7 Å². The molecule has 3 fully saturated rings. The number of primary amides is 1. The molecule has 0 spiro atoms. The fraction of sp³-hybridized carbons (Fsp3) is 0.581. The van der Waals surface area contributed by atoms with E-state index in [0.717, 1.165) is 25.0 Å². The van der Waals surface area contributed by atoms with Crippen LogP contribution in [0.25, 0.3) is 0 Å².